The number of thiazole rings is 1. The Hall–Kier alpha value is -1.37. The van der Waals surface area contributed by atoms with Crippen molar-refractivity contribution in [1.82, 2.24) is 14.8 Å². The molecule has 0 bridgehead atoms. The molecule has 0 N–H and O–H groups in total. The maximum atomic E-state index is 13.0. The van der Waals surface area contributed by atoms with Gasteiger partial charge in [-0.25, -0.2) is 4.98 Å². The van der Waals surface area contributed by atoms with Gasteiger partial charge in [-0.3, -0.25) is 9.69 Å². The third-order valence-electron chi connectivity index (χ3n) is 5.44. The Kier molecular flexibility index (Phi) is 5.55. The molecule has 150 valence electrons. The zero-order chi connectivity index (χ0) is 19.9. The predicted octanol–water partition coefficient (Wildman–Crippen LogP) is 4.11. The smallest absolute Gasteiger partial charge is 0.236 e. The first-order chi connectivity index (χ1) is 13.3. The number of rotatable bonds is 3. The second kappa shape index (κ2) is 7.81. The van der Waals surface area contributed by atoms with Crippen LogP contribution >= 0.6 is 23.1 Å². The first-order valence-corrected chi connectivity index (χ1v) is 11.8. The number of amides is 1. The molecule has 0 spiro atoms. The number of carbonyl (C=O) groups is 1. The number of thioether (sulfide) groups is 1. The van der Waals surface area contributed by atoms with Crippen LogP contribution in [0.15, 0.2) is 28.5 Å². The van der Waals surface area contributed by atoms with Crippen LogP contribution in [0, 0.1) is 6.92 Å². The second-order valence-corrected chi connectivity index (χ2v) is 11.0. The number of carbonyl (C=O) groups excluding carboxylic acids is 1. The lowest BCUT2D eigenvalue weighted by Crippen LogP contribution is -2.50. The Morgan fingerprint density at radius 3 is 2.64 bits per heavy atom. The Morgan fingerprint density at radius 2 is 1.96 bits per heavy atom. The minimum absolute atomic E-state index is 0.0521. The summed E-state index contributed by atoms with van der Waals surface area (Å²) in [5, 5.41) is 3.44. The molecule has 0 aliphatic carbocycles. The number of aromatic nitrogens is 1. The molecule has 6 heteroatoms. The molecule has 1 unspecified atom stereocenters. The van der Waals surface area contributed by atoms with E-state index < -0.39 is 0 Å². The highest BCUT2D eigenvalue weighted by molar-refractivity contribution is 8.01. The summed E-state index contributed by atoms with van der Waals surface area (Å²) in [5.74, 6) is 0.308. The fraction of sp³-hybridized carbons (Fsp3) is 0.545. The Balaban J connectivity index is 1.30. The van der Waals surface area contributed by atoms with Gasteiger partial charge >= 0.3 is 0 Å². The molecule has 1 aromatic heterocycles. The van der Waals surface area contributed by atoms with E-state index in [1.54, 1.807) is 23.1 Å². The van der Waals surface area contributed by atoms with Crippen molar-refractivity contribution in [2.24, 2.45) is 0 Å². The summed E-state index contributed by atoms with van der Waals surface area (Å²) in [6, 6.07) is 6.54. The van der Waals surface area contributed by atoms with E-state index in [0.29, 0.717) is 5.91 Å². The average molecular weight is 416 g/mol. The number of piperazine rings is 1. The molecule has 2 aromatic rings. The lowest BCUT2D eigenvalue weighted by atomic mass is 9.98. The van der Waals surface area contributed by atoms with E-state index in [-0.39, 0.29) is 10.7 Å². The molecular weight excluding hydrogens is 386 g/mol. The molecule has 0 saturated carbocycles. The number of fused-ring (bicyclic) bond motifs is 1. The molecule has 2 aliphatic heterocycles. The van der Waals surface area contributed by atoms with E-state index in [0.717, 1.165) is 44.8 Å². The van der Waals surface area contributed by atoms with Gasteiger partial charge < -0.3 is 4.90 Å². The molecule has 0 radical (unpaired) electrons. The van der Waals surface area contributed by atoms with Crippen LogP contribution in [0.2, 0.25) is 0 Å². The van der Waals surface area contributed by atoms with Crippen molar-refractivity contribution in [3.8, 4) is 0 Å². The number of hydrogen-bond donors (Lipinski definition) is 0. The summed E-state index contributed by atoms with van der Waals surface area (Å²) in [6.45, 7) is 13.1. The Labute approximate surface area is 176 Å². The van der Waals surface area contributed by atoms with Crippen LogP contribution in [0.5, 0.6) is 0 Å². The lowest BCUT2D eigenvalue weighted by molar-refractivity contribution is -0.132. The summed E-state index contributed by atoms with van der Waals surface area (Å²) in [5.41, 5.74) is 3.87. The van der Waals surface area contributed by atoms with Gasteiger partial charge in [-0.15, -0.1) is 23.1 Å². The third-order valence-corrected chi connectivity index (χ3v) is 8.04. The third kappa shape index (κ3) is 4.29. The number of benzene rings is 1. The van der Waals surface area contributed by atoms with Crippen LogP contribution in [-0.2, 0) is 23.2 Å². The van der Waals surface area contributed by atoms with E-state index in [1.807, 2.05) is 0 Å². The van der Waals surface area contributed by atoms with Gasteiger partial charge in [0.15, 0.2) is 0 Å². The van der Waals surface area contributed by atoms with Gasteiger partial charge in [0, 0.05) is 48.4 Å². The molecule has 1 fully saturated rings. The van der Waals surface area contributed by atoms with Crippen molar-refractivity contribution >= 4 is 29.0 Å². The monoisotopic (exact) mass is 415 g/mol. The van der Waals surface area contributed by atoms with E-state index in [9.17, 15) is 4.79 Å². The van der Waals surface area contributed by atoms with E-state index in [1.165, 1.54) is 21.0 Å². The quantitative estimate of drug-likeness (QED) is 0.756. The molecule has 4 nitrogen and oxygen atoms in total. The molecule has 1 amide bonds. The van der Waals surface area contributed by atoms with Crippen LogP contribution in [0.3, 0.4) is 0 Å². The SMILES string of the molecule is Cc1ccc2c(c1)SC(C(=O)N1CCN(Cc3csc(C(C)(C)C)n3)CC1)C2. The minimum Gasteiger partial charge on any atom is -0.339 e. The summed E-state index contributed by atoms with van der Waals surface area (Å²) < 4.78 is 0. The van der Waals surface area contributed by atoms with Crippen LogP contribution in [0.4, 0.5) is 0 Å². The number of aryl methyl sites for hydroxylation is 1. The van der Waals surface area contributed by atoms with Gasteiger partial charge in [0.2, 0.25) is 5.91 Å². The average Bonchev–Trinajstić information content (AvgIpc) is 3.28. The first kappa shape index (κ1) is 19.9. The van der Waals surface area contributed by atoms with Crippen molar-refractivity contribution in [2.75, 3.05) is 26.2 Å². The normalized spacial score (nSPS) is 20.4. The molecule has 1 atom stereocenters. The van der Waals surface area contributed by atoms with E-state index in [2.05, 4.69) is 61.1 Å². The molecule has 4 rings (SSSR count). The molecule has 3 heterocycles. The van der Waals surface area contributed by atoms with Crippen molar-refractivity contribution in [3.63, 3.8) is 0 Å². The van der Waals surface area contributed by atoms with Gasteiger partial charge in [0.05, 0.1) is 16.0 Å². The number of hydrogen-bond acceptors (Lipinski definition) is 5. The van der Waals surface area contributed by atoms with Crippen LogP contribution < -0.4 is 0 Å². The molecule has 1 aromatic carbocycles. The first-order valence-electron chi connectivity index (χ1n) is 10.0. The molecule has 2 aliphatic rings. The maximum Gasteiger partial charge on any atom is 0.236 e. The summed E-state index contributed by atoms with van der Waals surface area (Å²) in [7, 11) is 0. The van der Waals surface area contributed by atoms with Crippen molar-refractivity contribution in [2.45, 2.75) is 56.2 Å². The summed E-state index contributed by atoms with van der Waals surface area (Å²) in [4.78, 5) is 23.6. The largest absolute Gasteiger partial charge is 0.339 e. The topological polar surface area (TPSA) is 36.4 Å². The van der Waals surface area contributed by atoms with Crippen LogP contribution in [0.25, 0.3) is 0 Å². The van der Waals surface area contributed by atoms with Gasteiger partial charge in [-0.1, -0.05) is 38.5 Å². The maximum absolute atomic E-state index is 13.0. The van der Waals surface area contributed by atoms with Crippen LogP contribution in [-0.4, -0.2) is 52.1 Å². The van der Waals surface area contributed by atoms with Gasteiger partial charge in [-0.2, -0.15) is 0 Å². The highest BCUT2D eigenvalue weighted by atomic mass is 32.2. The second-order valence-electron chi connectivity index (χ2n) is 8.92. The lowest BCUT2D eigenvalue weighted by Gasteiger charge is -2.35. The Bertz CT molecular complexity index is 863. The van der Waals surface area contributed by atoms with Crippen molar-refractivity contribution < 1.29 is 4.79 Å². The zero-order valence-electron chi connectivity index (χ0n) is 17.2. The van der Waals surface area contributed by atoms with Gasteiger partial charge in [0.1, 0.15) is 0 Å². The predicted molar refractivity (Wildman–Crippen MR) is 117 cm³/mol. The molecule has 28 heavy (non-hydrogen) atoms. The van der Waals surface area contributed by atoms with Crippen molar-refractivity contribution in [1.29, 1.82) is 0 Å². The Morgan fingerprint density at radius 1 is 1.21 bits per heavy atom. The zero-order valence-corrected chi connectivity index (χ0v) is 18.8. The fourth-order valence-corrected chi connectivity index (χ4v) is 6.03. The highest BCUT2D eigenvalue weighted by Gasteiger charge is 2.33. The minimum atomic E-state index is 0.0521. The van der Waals surface area contributed by atoms with Crippen LogP contribution in [0.1, 0.15) is 42.6 Å². The fourth-order valence-electron chi connectivity index (χ4n) is 3.76. The summed E-state index contributed by atoms with van der Waals surface area (Å²) >= 11 is 3.50. The van der Waals surface area contributed by atoms with Gasteiger partial charge in [0.25, 0.3) is 0 Å². The van der Waals surface area contributed by atoms with Crippen molar-refractivity contribution in [3.05, 3.63) is 45.4 Å². The van der Waals surface area contributed by atoms with E-state index >= 15 is 0 Å². The van der Waals surface area contributed by atoms with Gasteiger partial charge in [-0.05, 0) is 25.0 Å². The highest BCUT2D eigenvalue weighted by Crippen LogP contribution is 2.38. The molecule has 1 saturated heterocycles. The van der Waals surface area contributed by atoms with E-state index in [4.69, 9.17) is 4.98 Å². The standard InChI is InChI=1S/C22H29N3OS2/c1-15-5-6-16-12-19(28-18(16)11-15)20(26)25-9-7-24(8-10-25)13-17-14-27-21(23-17)22(2,3)4/h5-6,11,14,19H,7-10,12-13H2,1-4H3. The summed E-state index contributed by atoms with van der Waals surface area (Å²) in [6.07, 6.45) is 0.869. The molecular formula is C22H29N3OS2. The number of nitrogens with zero attached hydrogens (tertiary/aromatic N) is 3.